The minimum Gasteiger partial charge on any atom is -0.508 e. The van der Waals surface area contributed by atoms with Gasteiger partial charge in [0, 0.05) is 12.3 Å². The van der Waals surface area contributed by atoms with Crippen molar-refractivity contribution in [2.45, 2.75) is 13.0 Å². The molecule has 98 valence electrons. The topological polar surface area (TPSA) is 82.5 Å². The van der Waals surface area contributed by atoms with Gasteiger partial charge < -0.3 is 15.5 Å². The van der Waals surface area contributed by atoms with E-state index in [2.05, 4.69) is 10.3 Å². The predicted octanol–water partition coefficient (Wildman–Crippen LogP) is 1.98. The summed E-state index contributed by atoms with van der Waals surface area (Å²) in [5.74, 6) is -0.770. The Morgan fingerprint density at radius 2 is 2.05 bits per heavy atom. The summed E-state index contributed by atoms with van der Waals surface area (Å²) in [6.45, 7) is 1.80. The maximum atomic E-state index is 12.0. The second-order valence-corrected chi connectivity index (χ2v) is 4.15. The number of carbonyl (C=O) groups is 1. The van der Waals surface area contributed by atoms with E-state index in [4.69, 9.17) is 0 Å². The number of benzene rings is 1. The standard InChI is InChI=1S/C14H14N2O3/c1-9(12-4-2-3-7-15-12)16-14(19)11-6-5-10(17)8-13(11)18/h2-9,17-18H,1H3,(H,16,19). The summed E-state index contributed by atoms with van der Waals surface area (Å²) in [5.41, 5.74) is 0.842. The number of amides is 1. The van der Waals surface area contributed by atoms with E-state index in [1.165, 1.54) is 12.1 Å². The van der Waals surface area contributed by atoms with Gasteiger partial charge >= 0.3 is 0 Å². The predicted molar refractivity (Wildman–Crippen MR) is 69.9 cm³/mol. The molecule has 1 aromatic carbocycles. The number of nitrogens with one attached hydrogen (secondary N) is 1. The number of hydrogen-bond acceptors (Lipinski definition) is 4. The third kappa shape index (κ3) is 3.01. The zero-order chi connectivity index (χ0) is 13.8. The molecule has 0 aliphatic heterocycles. The largest absolute Gasteiger partial charge is 0.508 e. The summed E-state index contributed by atoms with van der Waals surface area (Å²) in [6, 6.07) is 9.00. The minimum absolute atomic E-state index is 0.0909. The average Bonchev–Trinajstić information content (AvgIpc) is 2.39. The zero-order valence-corrected chi connectivity index (χ0v) is 10.4. The summed E-state index contributed by atoms with van der Waals surface area (Å²) in [7, 11) is 0. The van der Waals surface area contributed by atoms with Gasteiger partial charge in [0.15, 0.2) is 0 Å². The number of phenolic OH excluding ortho intramolecular Hbond substituents is 2. The Labute approximate surface area is 110 Å². The molecule has 2 aromatic rings. The van der Waals surface area contributed by atoms with E-state index in [-0.39, 0.29) is 23.1 Å². The van der Waals surface area contributed by atoms with Gasteiger partial charge in [0.05, 0.1) is 17.3 Å². The summed E-state index contributed by atoms with van der Waals surface area (Å²) >= 11 is 0. The molecule has 19 heavy (non-hydrogen) atoms. The quantitative estimate of drug-likeness (QED) is 0.786. The lowest BCUT2D eigenvalue weighted by Crippen LogP contribution is -2.27. The highest BCUT2D eigenvalue weighted by Crippen LogP contribution is 2.23. The third-order valence-corrected chi connectivity index (χ3v) is 2.70. The monoisotopic (exact) mass is 258 g/mol. The van der Waals surface area contributed by atoms with Crippen LogP contribution in [-0.4, -0.2) is 21.1 Å². The van der Waals surface area contributed by atoms with Crippen molar-refractivity contribution in [3.63, 3.8) is 0 Å². The SMILES string of the molecule is CC(NC(=O)c1ccc(O)cc1O)c1ccccn1. The molecule has 0 bridgehead atoms. The van der Waals surface area contributed by atoms with Crippen molar-refractivity contribution in [1.82, 2.24) is 10.3 Å². The van der Waals surface area contributed by atoms with Crippen LogP contribution in [0.3, 0.4) is 0 Å². The highest BCUT2D eigenvalue weighted by Gasteiger charge is 2.15. The summed E-state index contributed by atoms with van der Waals surface area (Å²) in [6.07, 6.45) is 1.65. The molecule has 2 rings (SSSR count). The van der Waals surface area contributed by atoms with Gasteiger partial charge in [0.25, 0.3) is 5.91 Å². The smallest absolute Gasteiger partial charge is 0.255 e. The second-order valence-electron chi connectivity index (χ2n) is 4.15. The first kappa shape index (κ1) is 12.9. The summed E-state index contributed by atoms with van der Waals surface area (Å²) in [4.78, 5) is 16.1. The minimum atomic E-state index is -0.421. The summed E-state index contributed by atoms with van der Waals surface area (Å²) in [5, 5.41) is 21.5. The second kappa shape index (κ2) is 5.39. The van der Waals surface area contributed by atoms with Crippen LogP contribution in [0.2, 0.25) is 0 Å². The number of aromatic hydroxyl groups is 2. The number of phenols is 2. The van der Waals surface area contributed by atoms with Crippen LogP contribution in [0.1, 0.15) is 29.0 Å². The van der Waals surface area contributed by atoms with Crippen molar-refractivity contribution in [3.05, 3.63) is 53.9 Å². The van der Waals surface area contributed by atoms with Crippen LogP contribution in [0.4, 0.5) is 0 Å². The van der Waals surface area contributed by atoms with Gasteiger partial charge in [-0.1, -0.05) is 6.07 Å². The van der Waals surface area contributed by atoms with Crippen molar-refractivity contribution in [2.75, 3.05) is 0 Å². The van der Waals surface area contributed by atoms with Crippen molar-refractivity contribution in [3.8, 4) is 11.5 Å². The number of carbonyl (C=O) groups excluding carboxylic acids is 1. The Balaban J connectivity index is 2.13. The van der Waals surface area contributed by atoms with Crippen LogP contribution >= 0.6 is 0 Å². The molecule has 0 saturated heterocycles. The highest BCUT2D eigenvalue weighted by atomic mass is 16.3. The Bertz CT molecular complexity index is 584. The molecule has 1 aromatic heterocycles. The van der Waals surface area contributed by atoms with E-state index in [1.54, 1.807) is 19.2 Å². The maximum absolute atomic E-state index is 12.0. The molecule has 5 heteroatoms. The van der Waals surface area contributed by atoms with Crippen molar-refractivity contribution in [1.29, 1.82) is 0 Å². The lowest BCUT2D eigenvalue weighted by atomic mass is 10.1. The van der Waals surface area contributed by atoms with Gasteiger partial charge in [-0.15, -0.1) is 0 Å². The molecule has 1 unspecified atom stereocenters. The Hall–Kier alpha value is -2.56. The highest BCUT2D eigenvalue weighted by molar-refractivity contribution is 5.97. The third-order valence-electron chi connectivity index (χ3n) is 2.70. The molecule has 0 fully saturated rings. The number of pyridine rings is 1. The zero-order valence-electron chi connectivity index (χ0n) is 10.4. The molecule has 5 nitrogen and oxygen atoms in total. The lowest BCUT2D eigenvalue weighted by molar-refractivity contribution is 0.0936. The van der Waals surface area contributed by atoms with E-state index in [0.717, 1.165) is 11.8 Å². The molecule has 3 N–H and O–H groups in total. The number of hydrogen-bond donors (Lipinski definition) is 3. The molecule has 0 aliphatic rings. The molecule has 1 atom stereocenters. The Morgan fingerprint density at radius 3 is 2.68 bits per heavy atom. The fraction of sp³-hybridized carbons (Fsp3) is 0.143. The first-order chi connectivity index (χ1) is 9.08. The van der Waals surface area contributed by atoms with E-state index in [0.29, 0.717) is 0 Å². The van der Waals surface area contributed by atoms with E-state index >= 15 is 0 Å². The fourth-order valence-corrected chi connectivity index (χ4v) is 1.69. The summed E-state index contributed by atoms with van der Waals surface area (Å²) < 4.78 is 0. The van der Waals surface area contributed by atoms with Crippen LogP contribution in [0.5, 0.6) is 11.5 Å². The molecule has 0 saturated carbocycles. The fourth-order valence-electron chi connectivity index (χ4n) is 1.69. The van der Waals surface area contributed by atoms with E-state index in [1.807, 2.05) is 12.1 Å². The molecule has 0 aliphatic carbocycles. The van der Waals surface area contributed by atoms with Gasteiger partial charge in [-0.25, -0.2) is 0 Å². The number of aromatic nitrogens is 1. The van der Waals surface area contributed by atoms with E-state index in [9.17, 15) is 15.0 Å². The van der Waals surface area contributed by atoms with Gasteiger partial charge in [0.1, 0.15) is 11.5 Å². The molecular weight excluding hydrogens is 244 g/mol. The van der Waals surface area contributed by atoms with Crippen molar-refractivity contribution < 1.29 is 15.0 Å². The van der Waals surface area contributed by atoms with Crippen LogP contribution in [0.15, 0.2) is 42.6 Å². The normalized spacial score (nSPS) is 11.8. The van der Waals surface area contributed by atoms with Crippen LogP contribution in [0, 0.1) is 0 Å². The number of nitrogens with zero attached hydrogens (tertiary/aromatic N) is 1. The maximum Gasteiger partial charge on any atom is 0.255 e. The van der Waals surface area contributed by atoms with Gasteiger partial charge in [-0.05, 0) is 31.2 Å². The molecule has 1 heterocycles. The Morgan fingerprint density at radius 1 is 1.26 bits per heavy atom. The first-order valence-electron chi connectivity index (χ1n) is 5.81. The van der Waals surface area contributed by atoms with Gasteiger partial charge in [-0.3, -0.25) is 9.78 Å². The molecule has 0 radical (unpaired) electrons. The van der Waals surface area contributed by atoms with Gasteiger partial charge in [-0.2, -0.15) is 0 Å². The Kier molecular flexibility index (Phi) is 3.66. The van der Waals surface area contributed by atoms with Crippen molar-refractivity contribution >= 4 is 5.91 Å². The van der Waals surface area contributed by atoms with Crippen LogP contribution in [0.25, 0.3) is 0 Å². The van der Waals surface area contributed by atoms with E-state index < -0.39 is 5.91 Å². The van der Waals surface area contributed by atoms with Gasteiger partial charge in [0.2, 0.25) is 0 Å². The average molecular weight is 258 g/mol. The van der Waals surface area contributed by atoms with Crippen LogP contribution < -0.4 is 5.32 Å². The molecule has 0 spiro atoms. The first-order valence-corrected chi connectivity index (χ1v) is 5.81. The van der Waals surface area contributed by atoms with Crippen LogP contribution in [-0.2, 0) is 0 Å². The molecule has 1 amide bonds. The van der Waals surface area contributed by atoms with Crippen molar-refractivity contribution in [2.24, 2.45) is 0 Å². The molecular formula is C14H14N2O3. The lowest BCUT2D eigenvalue weighted by Gasteiger charge is -2.13. The number of rotatable bonds is 3.